The van der Waals surface area contributed by atoms with E-state index in [-0.39, 0.29) is 12.5 Å². The van der Waals surface area contributed by atoms with E-state index in [1.54, 1.807) is 12.3 Å². The summed E-state index contributed by atoms with van der Waals surface area (Å²) < 4.78 is 0. The Morgan fingerprint density at radius 2 is 2.31 bits per heavy atom. The summed E-state index contributed by atoms with van der Waals surface area (Å²) in [5, 5.41) is 8.77. The Labute approximate surface area is 95.1 Å². The number of carbonyl (C=O) groups is 1. The number of aryl methyl sites for hydroxylation is 1. The van der Waals surface area contributed by atoms with Crippen molar-refractivity contribution in [3.8, 4) is 0 Å². The van der Waals surface area contributed by atoms with E-state index in [2.05, 4.69) is 9.97 Å². The van der Waals surface area contributed by atoms with Crippen molar-refractivity contribution in [1.82, 2.24) is 9.97 Å². The lowest BCUT2D eigenvalue weighted by Crippen LogP contribution is -2.35. The van der Waals surface area contributed by atoms with Gasteiger partial charge in [0.1, 0.15) is 11.6 Å². The van der Waals surface area contributed by atoms with E-state index in [0.717, 1.165) is 12.4 Å². The topological polar surface area (TPSA) is 66.3 Å². The molecule has 88 valence electrons. The zero-order valence-electron chi connectivity index (χ0n) is 9.84. The molecule has 0 aromatic carbocycles. The second-order valence-electron chi connectivity index (χ2n) is 3.69. The van der Waals surface area contributed by atoms with E-state index in [1.807, 2.05) is 25.7 Å². The monoisotopic (exact) mass is 223 g/mol. The number of nitrogens with zero attached hydrogens (tertiary/aromatic N) is 3. The van der Waals surface area contributed by atoms with Crippen LogP contribution in [0.5, 0.6) is 0 Å². The largest absolute Gasteiger partial charge is 0.481 e. The number of aliphatic carboxylic acids is 1. The minimum atomic E-state index is -0.795. The zero-order valence-corrected chi connectivity index (χ0v) is 9.84. The number of aromatic nitrogens is 2. The van der Waals surface area contributed by atoms with E-state index >= 15 is 0 Å². The van der Waals surface area contributed by atoms with E-state index < -0.39 is 5.97 Å². The molecular formula is C11H17N3O2. The third-order valence-corrected chi connectivity index (χ3v) is 2.40. The van der Waals surface area contributed by atoms with E-state index in [0.29, 0.717) is 5.82 Å². The van der Waals surface area contributed by atoms with Crippen LogP contribution >= 0.6 is 0 Å². The van der Waals surface area contributed by atoms with Crippen LogP contribution in [0.3, 0.4) is 0 Å². The van der Waals surface area contributed by atoms with Crippen molar-refractivity contribution >= 4 is 11.8 Å². The van der Waals surface area contributed by atoms with Gasteiger partial charge in [-0.3, -0.25) is 4.79 Å². The first-order valence-electron chi connectivity index (χ1n) is 5.32. The van der Waals surface area contributed by atoms with Crippen LogP contribution in [0.15, 0.2) is 12.3 Å². The fraction of sp³-hybridized carbons (Fsp3) is 0.545. The van der Waals surface area contributed by atoms with Gasteiger partial charge in [0, 0.05) is 18.8 Å². The van der Waals surface area contributed by atoms with Crippen LogP contribution in [0.1, 0.15) is 26.1 Å². The standard InChI is InChI=1S/C11H17N3O2/c1-4-14(8(2)7-11(15)16)10-5-6-12-9(3)13-10/h5-6,8H,4,7H2,1-3H3,(H,15,16). The molecule has 1 aromatic rings. The Bertz CT molecular complexity index is 368. The maximum atomic E-state index is 10.7. The molecule has 16 heavy (non-hydrogen) atoms. The molecule has 0 fully saturated rings. The molecule has 0 saturated carbocycles. The van der Waals surface area contributed by atoms with Crippen LogP contribution in [-0.4, -0.2) is 33.6 Å². The highest BCUT2D eigenvalue weighted by Gasteiger charge is 2.16. The Morgan fingerprint density at radius 1 is 1.62 bits per heavy atom. The van der Waals surface area contributed by atoms with Gasteiger partial charge in [-0.25, -0.2) is 9.97 Å². The number of carboxylic acids is 1. The maximum Gasteiger partial charge on any atom is 0.305 e. The molecule has 0 aliphatic heterocycles. The van der Waals surface area contributed by atoms with Crippen LogP contribution in [0.2, 0.25) is 0 Å². The Balaban J connectivity index is 2.85. The molecule has 1 rings (SSSR count). The number of anilines is 1. The summed E-state index contributed by atoms with van der Waals surface area (Å²) in [5.41, 5.74) is 0. The van der Waals surface area contributed by atoms with Crippen LogP contribution in [-0.2, 0) is 4.79 Å². The molecule has 0 aliphatic carbocycles. The van der Waals surface area contributed by atoms with Gasteiger partial charge in [-0.15, -0.1) is 0 Å². The van der Waals surface area contributed by atoms with E-state index in [4.69, 9.17) is 5.11 Å². The molecule has 1 atom stereocenters. The summed E-state index contributed by atoms with van der Waals surface area (Å²) >= 11 is 0. The van der Waals surface area contributed by atoms with Crippen LogP contribution in [0.25, 0.3) is 0 Å². The quantitative estimate of drug-likeness (QED) is 0.818. The normalized spacial score (nSPS) is 12.2. The first-order valence-corrected chi connectivity index (χ1v) is 5.32. The third-order valence-electron chi connectivity index (χ3n) is 2.40. The first kappa shape index (κ1) is 12.4. The van der Waals surface area contributed by atoms with Gasteiger partial charge in [0.25, 0.3) is 0 Å². The van der Waals surface area contributed by atoms with Crippen LogP contribution < -0.4 is 4.90 Å². The number of hydrogen-bond donors (Lipinski definition) is 1. The summed E-state index contributed by atoms with van der Waals surface area (Å²) in [4.78, 5) is 20.9. The van der Waals surface area contributed by atoms with Crippen molar-refractivity contribution in [1.29, 1.82) is 0 Å². The fourth-order valence-corrected chi connectivity index (χ4v) is 1.67. The summed E-state index contributed by atoms with van der Waals surface area (Å²) in [6.45, 7) is 6.41. The molecule has 0 saturated heterocycles. The molecule has 0 amide bonds. The highest BCUT2D eigenvalue weighted by Crippen LogP contribution is 2.15. The lowest BCUT2D eigenvalue weighted by molar-refractivity contribution is -0.137. The molecule has 1 heterocycles. The lowest BCUT2D eigenvalue weighted by atomic mass is 10.2. The molecule has 0 aliphatic rings. The van der Waals surface area contributed by atoms with Gasteiger partial charge in [-0.1, -0.05) is 0 Å². The summed E-state index contributed by atoms with van der Waals surface area (Å²) in [6, 6.07) is 1.73. The van der Waals surface area contributed by atoms with Gasteiger partial charge in [0.05, 0.1) is 6.42 Å². The maximum absolute atomic E-state index is 10.7. The van der Waals surface area contributed by atoms with Gasteiger partial charge in [-0.05, 0) is 26.8 Å². The van der Waals surface area contributed by atoms with Gasteiger partial charge >= 0.3 is 5.97 Å². The SMILES string of the molecule is CCN(c1ccnc(C)n1)C(C)CC(=O)O. The predicted octanol–water partition coefficient (Wildman–Crippen LogP) is 1.47. The number of rotatable bonds is 5. The Kier molecular flexibility index (Phi) is 4.22. The molecule has 0 bridgehead atoms. The molecule has 5 heteroatoms. The van der Waals surface area contributed by atoms with Gasteiger partial charge in [0.15, 0.2) is 0 Å². The van der Waals surface area contributed by atoms with E-state index in [1.165, 1.54) is 0 Å². The average molecular weight is 223 g/mol. The molecular weight excluding hydrogens is 206 g/mol. The van der Waals surface area contributed by atoms with Gasteiger partial charge in [-0.2, -0.15) is 0 Å². The molecule has 0 radical (unpaired) electrons. The fourth-order valence-electron chi connectivity index (χ4n) is 1.67. The average Bonchev–Trinajstić information content (AvgIpc) is 2.17. The Morgan fingerprint density at radius 3 is 2.81 bits per heavy atom. The lowest BCUT2D eigenvalue weighted by Gasteiger charge is -2.28. The van der Waals surface area contributed by atoms with Gasteiger partial charge in [0.2, 0.25) is 0 Å². The minimum Gasteiger partial charge on any atom is -0.481 e. The third kappa shape index (κ3) is 3.18. The molecule has 1 aromatic heterocycles. The highest BCUT2D eigenvalue weighted by molar-refractivity contribution is 5.68. The second kappa shape index (κ2) is 5.44. The minimum absolute atomic E-state index is 0.0724. The molecule has 0 spiro atoms. The Hall–Kier alpha value is -1.65. The van der Waals surface area contributed by atoms with Crippen molar-refractivity contribution in [2.24, 2.45) is 0 Å². The van der Waals surface area contributed by atoms with Crippen molar-refractivity contribution in [3.05, 3.63) is 18.1 Å². The van der Waals surface area contributed by atoms with Crippen LogP contribution in [0, 0.1) is 6.92 Å². The second-order valence-corrected chi connectivity index (χ2v) is 3.69. The van der Waals surface area contributed by atoms with Crippen LogP contribution in [0.4, 0.5) is 5.82 Å². The first-order chi connectivity index (χ1) is 7.54. The van der Waals surface area contributed by atoms with Crippen molar-refractivity contribution < 1.29 is 9.90 Å². The predicted molar refractivity (Wildman–Crippen MR) is 61.5 cm³/mol. The molecule has 1 N–H and O–H groups in total. The summed E-state index contributed by atoms with van der Waals surface area (Å²) in [7, 11) is 0. The van der Waals surface area contributed by atoms with Crippen molar-refractivity contribution in [2.45, 2.75) is 33.2 Å². The number of hydrogen-bond acceptors (Lipinski definition) is 4. The smallest absolute Gasteiger partial charge is 0.305 e. The molecule has 1 unspecified atom stereocenters. The highest BCUT2D eigenvalue weighted by atomic mass is 16.4. The summed E-state index contributed by atoms with van der Waals surface area (Å²) in [6.07, 6.45) is 1.80. The van der Waals surface area contributed by atoms with Crippen molar-refractivity contribution in [2.75, 3.05) is 11.4 Å². The molecule has 5 nitrogen and oxygen atoms in total. The van der Waals surface area contributed by atoms with E-state index in [9.17, 15) is 4.79 Å². The number of carboxylic acid groups (broad SMARTS) is 1. The zero-order chi connectivity index (χ0) is 12.1. The summed E-state index contributed by atoms with van der Waals surface area (Å²) in [5.74, 6) is 0.680. The van der Waals surface area contributed by atoms with Crippen molar-refractivity contribution in [3.63, 3.8) is 0 Å². The van der Waals surface area contributed by atoms with Gasteiger partial charge < -0.3 is 10.0 Å².